The zero-order valence-electron chi connectivity index (χ0n) is 26.3. The van der Waals surface area contributed by atoms with Gasteiger partial charge in [0.15, 0.2) is 0 Å². The number of likely N-dealkylation sites (tertiary alicyclic amines) is 1. The normalized spacial score (nSPS) is 18.2. The summed E-state index contributed by atoms with van der Waals surface area (Å²) in [7, 11) is 0. The molecule has 1 unspecified atom stereocenters. The Morgan fingerprint density at radius 3 is 2.25 bits per heavy atom. The number of rotatable bonds is 13. The fraction of sp³-hybridized carbons (Fsp3) is 0.625. The molecule has 4 N–H and O–H groups in total. The van der Waals surface area contributed by atoms with Crippen LogP contribution >= 0.6 is 0 Å². The lowest BCUT2D eigenvalue weighted by molar-refractivity contribution is -0.143. The number of alkyl carbamates (subject to hydrolysis) is 1. The second kappa shape index (κ2) is 16.2. The maximum atomic E-state index is 13.8. The second-order valence-electron chi connectivity index (χ2n) is 12.5. The molecular weight excluding hydrogens is 566 g/mol. The summed E-state index contributed by atoms with van der Waals surface area (Å²) in [6, 6.07) is 6.49. The van der Waals surface area contributed by atoms with Gasteiger partial charge in [-0.15, -0.1) is 0 Å². The molecule has 0 aromatic heterocycles. The Morgan fingerprint density at radius 2 is 1.61 bits per heavy atom. The molecule has 1 saturated heterocycles. The molecule has 44 heavy (non-hydrogen) atoms. The topological polar surface area (TPSA) is 163 Å². The minimum atomic E-state index is -1.11. The number of carbonyl (C=O) groups excluding carboxylic acids is 6. The fourth-order valence-corrected chi connectivity index (χ4v) is 5.68. The molecule has 12 nitrogen and oxygen atoms in total. The molecule has 3 rings (SSSR count). The van der Waals surface area contributed by atoms with Crippen molar-refractivity contribution in [2.24, 2.45) is 5.92 Å². The SMILES string of the molecule is CCCC(NC(=O)[C@@H]1CCCN1C(=O)[C@@H](NC(=O)OC(C)(C)C)C1CCCC1)C(=O)C(=O)NCC(=O)NCc1ccccc1. The average molecular weight is 614 g/mol. The van der Waals surface area contributed by atoms with E-state index in [-0.39, 0.29) is 31.3 Å². The van der Waals surface area contributed by atoms with E-state index in [1.165, 1.54) is 4.90 Å². The summed E-state index contributed by atoms with van der Waals surface area (Å²) < 4.78 is 5.41. The number of nitrogens with zero attached hydrogens (tertiary/aromatic N) is 1. The number of benzene rings is 1. The number of hydrogen-bond acceptors (Lipinski definition) is 7. The summed E-state index contributed by atoms with van der Waals surface area (Å²) >= 11 is 0. The van der Waals surface area contributed by atoms with E-state index in [1.807, 2.05) is 37.3 Å². The van der Waals surface area contributed by atoms with E-state index in [9.17, 15) is 28.8 Å². The third-order valence-corrected chi connectivity index (χ3v) is 7.82. The molecule has 2 fully saturated rings. The lowest BCUT2D eigenvalue weighted by Gasteiger charge is -2.32. The van der Waals surface area contributed by atoms with E-state index in [2.05, 4.69) is 21.3 Å². The van der Waals surface area contributed by atoms with Gasteiger partial charge in [0.25, 0.3) is 5.91 Å². The summed E-state index contributed by atoms with van der Waals surface area (Å²) in [5.41, 5.74) is 0.159. The minimum absolute atomic E-state index is 0.0673. The van der Waals surface area contributed by atoms with Crippen molar-refractivity contribution in [1.82, 2.24) is 26.2 Å². The second-order valence-corrected chi connectivity index (χ2v) is 12.5. The van der Waals surface area contributed by atoms with Crippen LogP contribution < -0.4 is 21.3 Å². The molecule has 0 bridgehead atoms. The van der Waals surface area contributed by atoms with E-state index in [0.29, 0.717) is 25.8 Å². The van der Waals surface area contributed by atoms with Crippen molar-refractivity contribution < 1.29 is 33.5 Å². The first-order valence-corrected chi connectivity index (χ1v) is 15.6. The number of ketones is 1. The van der Waals surface area contributed by atoms with Crippen LogP contribution in [0.1, 0.15) is 84.6 Å². The number of Topliss-reactive ketones (excluding diaryl/α,β-unsaturated/α-hetero) is 1. The van der Waals surface area contributed by atoms with E-state index < -0.39 is 53.3 Å². The third kappa shape index (κ3) is 10.3. The van der Waals surface area contributed by atoms with Gasteiger partial charge in [-0.1, -0.05) is 56.5 Å². The van der Waals surface area contributed by atoms with Crippen molar-refractivity contribution in [1.29, 1.82) is 0 Å². The number of carbonyl (C=O) groups is 6. The highest BCUT2D eigenvalue weighted by atomic mass is 16.6. The number of hydrogen-bond donors (Lipinski definition) is 4. The van der Waals surface area contributed by atoms with E-state index >= 15 is 0 Å². The zero-order chi connectivity index (χ0) is 32.3. The van der Waals surface area contributed by atoms with Crippen LogP contribution in [0.4, 0.5) is 4.79 Å². The van der Waals surface area contributed by atoms with Crippen LogP contribution in [-0.2, 0) is 35.3 Å². The highest BCUT2D eigenvalue weighted by molar-refractivity contribution is 6.38. The largest absolute Gasteiger partial charge is 0.444 e. The highest BCUT2D eigenvalue weighted by Crippen LogP contribution is 2.30. The Kier molecular flexibility index (Phi) is 12.7. The Hall–Kier alpha value is -3.96. The smallest absolute Gasteiger partial charge is 0.408 e. The quantitative estimate of drug-likeness (QED) is 0.248. The lowest BCUT2D eigenvalue weighted by Crippen LogP contribution is -2.58. The minimum Gasteiger partial charge on any atom is -0.444 e. The van der Waals surface area contributed by atoms with Crippen molar-refractivity contribution in [3.8, 4) is 0 Å². The molecule has 3 atom stereocenters. The van der Waals surface area contributed by atoms with Crippen LogP contribution in [0.5, 0.6) is 0 Å². The molecular formula is C32H47N5O7. The molecule has 1 heterocycles. The van der Waals surface area contributed by atoms with Crippen LogP contribution in [0.15, 0.2) is 30.3 Å². The molecule has 12 heteroatoms. The van der Waals surface area contributed by atoms with E-state index in [0.717, 1.165) is 31.2 Å². The summed E-state index contributed by atoms with van der Waals surface area (Å²) in [6.45, 7) is 7.28. The standard InChI is InChI=1S/C32H47N5O7/c1-5-12-23(27(39)29(41)34-20-25(38)33-19-21-13-7-6-8-14-21)35-28(40)24-17-11-18-37(24)30(42)26(22-15-9-10-16-22)36-31(43)44-32(2,3)4/h6-8,13-14,22-24,26H,5,9-12,15-20H2,1-4H3,(H,33,38)(H,34,41)(H,35,40)(H,36,43)/t23?,24-,26-/m0/s1. The van der Waals surface area contributed by atoms with Gasteiger partial charge in [0.05, 0.1) is 12.6 Å². The fourth-order valence-electron chi connectivity index (χ4n) is 5.68. The van der Waals surface area contributed by atoms with Crippen molar-refractivity contribution >= 4 is 35.5 Å². The van der Waals surface area contributed by atoms with Gasteiger partial charge in [0.2, 0.25) is 23.5 Å². The van der Waals surface area contributed by atoms with Crippen LogP contribution in [0.3, 0.4) is 0 Å². The highest BCUT2D eigenvalue weighted by Gasteiger charge is 2.42. The maximum absolute atomic E-state index is 13.8. The maximum Gasteiger partial charge on any atom is 0.408 e. The number of amides is 5. The number of nitrogens with one attached hydrogen (secondary N) is 4. The lowest BCUT2D eigenvalue weighted by atomic mass is 9.96. The van der Waals surface area contributed by atoms with Crippen LogP contribution in [0.2, 0.25) is 0 Å². The molecule has 242 valence electrons. The Morgan fingerprint density at radius 1 is 0.932 bits per heavy atom. The van der Waals surface area contributed by atoms with Gasteiger partial charge >= 0.3 is 6.09 Å². The van der Waals surface area contributed by atoms with Gasteiger partial charge in [-0.3, -0.25) is 24.0 Å². The molecule has 1 aliphatic carbocycles. The summed E-state index contributed by atoms with van der Waals surface area (Å²) in [5, 5.41) is 10.5. The summed E-state index contributed by atoms with van der Waals surface area (Å²) in [5.74, 6) is -3.23. The number of ether oxygens (including phenoxy) is 1. The Bertz CT molecular complexity index is 1180. The predicted molar refractivity (Wildman–Crippen MR) is 163 cm³/mol. The average Bonchev–Trinajstić information content (AvgIpc) is 3.69. The van der Waals surface area contributed by atoms with Crippen molar-refractivity contribution in [3.05, 3.63) is 35.9 Å². The first-order valence-electron chi connectivity index (χ1n) is 15.6. The molecule has 0 radical (unpaired) electrons. The van der Waals surface area contributed by atoms with Gasteiger partial charge in [-0.2, -0.15) is 0 Å². The van der Waals surface area contributed by atoms with Gasteiger partial charge in [0.1, 0.15) is 17.7 Å². The third-order valence-electron chi connectivity index (χ3n) is 7.82. The first kappa shape index (κ1) is 34.5. The van der Waals surface area contributed by atoms with Gasteiger partial charge in [-0.25, -0.2) is 4.79 Å². The van der Waals surface area contributed by atoms with Crippen LogP contribution in [0.25, 0.3) is 0 Å². The van der Waals surface area contributed by atoms with Gasteiger partial charge < -0.3 is 30.9 Å². The summed E-state index contributed by atoms with van der Waals surface area (Å²) in [6.07, 6.45) is 4.48. The zero-order valence-corrected chi connectivity index (χ0v) is 26.3. The van der Waals surface area contributed by atoms with E-state index in [4.69, 9.17) is 4.74 Å². The molecule has 1 saturated carbocycles. The Labute approximate surface area is 259 Å². The Balaban J connectivity index is 1.60. The van der Waals surface area contributed by atoms with Crippen molar-refractivity contribution in [2.45, 2.75) is 109 Å². The van der Waals surface area contributed by atoms with Crippen molar-refractivity contribution in [3.63, 3.8) is 0 Å². The molecule has 1 aromatic rings. The summed E-state index contributed by atoms with van der Waals surface area (Å²) in [4.78, 5) is 79.2. The molecule has 5 amide bonds. The van der Waals surface area contributed by atoms with Crippen LogP contribution in [0, 0.1) is 5.92 Å². The van der Waals surface area contributed by atoms with Crippen molar-refractivity contribution in [2.75, 3.05) is 13.1 Å². The predicted octanol–water partition coefficient (Wildman–Crippen LogP) is 2.35. The van der Waals surface area contributed by atoms with Gasteiger partial charge in [0, 0.05) is 13.1 Å². The van der Waals surface area contributed by atoms with Gasteiger partial charge in [-0.05, 0) is 64.4 Å². The molecule has 1 aromatic carbocycles. The first-order chi connectivity index (χ1) is 20.9. The van der Waals surface area contributed by atoms with E-state index in [1.54, 1.807) is 20.8 Å². The molecule has 2 aliphatic rings. The molecule has 1 aliphatic heterocycles. The van der Waals surface area contributed by atoms with Crippen LogP contribution in [-0.4, -0.2) is 77.2 Å². The monoisotopic (exact) mass is 613 g/mol. The molecule has 0 spiro atoms.